The molecule has 0 saturated carbocycles. The highest BCUT2D eigenvalue weighted by atomic mass is 35.5. The number of anilines is 1. The van der Waals surface area contributed by atoms with E-state index in [0.29, 0.717) is 29.1 Å². The molecule has 2 atom stereocenters. The fourth-order valence-corrected chi connectivity index (χ4v) is 4.29. The lowest BCUT2D eigenvalue weighted by atomic mass is 10.0. The maximum Gasteiger partial charge on any atom is 0.387 e. The first kappa shape index (κ1) is 18.3. The van der Waals surface area contributed by atoms with Gasteiger partial charge in [-0.15, -0.1) is 0 Å². The van der Waals surface area contributed by atoms with E-state index in [4.69, 9.17) is 16.3 Å². The van der Waals surface area contributed by atoms with Crippen LogP contribution in [0.15, 0.2) is 36.4 Å². The molecule has 142 valence electrons. The lowest BCUT2D eigenvalue weighted by molar-refractivity contribution is -0.0506. The van der Waals surface area contributed by atoms with Crippen LogP contribution in [0.2, 0.25) is 5.02 Å². The minimum absolute atomic E-state index is 0.0576. The molecule has 0 amide bonds. The lowest BCUT2D eigenvalue weighted by Gasteiger charge is -2.22. The Kier molecular flexibility index (Phi) is 4.88. The monoisotopic (exact) mass is 411 g/mol. The fourth-order valence-electron chi connectivity index (χ4n) is 3.64. The molecule has 1 N–H and O–H groups in total. The van der Waals surface area contributed by atoms with Crippen LogP contribution in [0, 0.1) is 0 Å². The molecule has 9 heteroatoms. The highest BCUT2D eigenvalue weighted by Gasteiger charge is 2.32. The quantitative estimate of drug-likeness (QED) is 0.626. The summed E-state index contributed by atoms with van der Waals surface area (Å²) in [7, 11) is 0. The lowest BCUT2D eigenvalue weighted by Crippen LogP contribution is -2.16. The van der Waals surface area contributed by atoms with Gasteiger partial charge in [0.2, 0.25) is 0 Å². The molecule has 1 unspecified atom stereocenters. The van der Waals surface area contributed by atoms with E-state index in [1.54, 1.807) is 18.2 Å². The number of hydrogen-bond donors (Lipinski definition) is 1. The Balaban J connectivity index is 1.89. The molecule has 0 saturated heterocycles. The number of aryl methyl sites for hydroxylation is 1. The van der Waals surface area contributed by atoms with Crippen molar-refractivity contribution < 1.29 is 18.1 Å². The largest absolute Gasteiger partial charge is 0.593 e. The molecule has 2 heterocycles. The molecule has 3 aromatic rings. The first-order valence-corrected chi connectivity index (χ1v) is 10.2. The number of nitrogens with zero attached hydrogens (tertiary/aromatic N) is 2. The molecule has 0 radical (unpaired) electrons. The third-order valence-electron chi connectivity index (χ3n) is 4.55. The van der Waals surface area contributed by atoms with Crippen molar-refractivity contribution in [2.45, 2.75) is 25.5 Å². The molecule has 0 aliphatic carbocycles. The maximum absolute atomic E-state index is 13.0. The summed E-state index contributed by atoms with van der Waals surface area (Å²) in [6, 6.07) is 9.92. The number of aromatic nitrogens is 2. The van der Waals surface area contributed by atoms with Crippen LogP contribution in [-0.4, -0.2) is 27.0 Å². The molecule has 1 aliphatic heterocycles. The zero-order valence-corrected chi connectivity index (χ0v) is 15.9. The second-order valence-electron chi connectivity index (χ2n) is 6.24. The van der Waals surface area contributed by atoms with E-state index in [2.05, 4.69) is 9.71 Å². The van der Waals surface area contributed by atoms with Crippen molar-refractivity contribution in [2.24, 2.45) is 0 Å². The smallest absolute Gasteiger partial charge is 0.387 e. The van der Waals surface area contributed by atoms with Crippen LogP contribution in [0.25, 0.3) is 11.0 Å². The van der Waals surface area contributed by atoms with E-state index in [-0.39, 0.29) is 11.8 Å². The number of fused-ring (bicyclic) bond motifs is 3. The fraction of sp³-hybridized carbons (Fsp3) is 0.278. The van der Waals surface area contributed by atoms with Gasteiger partial charge in [-0.2, -0.15) is 8.78 Å². The molecule has 0 fully saturated rings. The van der Waals surface area contributed by atoms with Gasteiger partial charge >= 0.3 is 6.61 Å². The Bertz CT molecular complexity index is 968. The van der Waals surface area contributed by atoms with Crippen LogP contribution in [0.1, 0.15) is 23.9 Å². The summed E-state index contributed by atoms with van der Waals surface area (Å²) in [5, 5.41) is 0.570. The predicted molar refractivity (Wildman–Crippen MR) is 102 cm³/mol. The zero-order valence-electron chi connectivity index (χ0n) is 14.3. The number of imidazole rings is 1. The highest BCUT2D eigenvalue weighted by Crippen LogP contribution is 2.43. The SMILES string of the molecule is C[S+]([O-])Nc1cccc(OC(F)F)c1[C@H]1CCc2nc3ccc(Cl)cc3n21. The van der Waals surface area contributed by atoms with Crippen molar-refractivity contribution in [3.05, 3.63) is 52.8 Å². The first-order valence-electron chi connectivity index (χ1n) is 8.28. The molecule has 0 bridgehead atoms. The molecular formula is C18H16ClF2N3O2S. The number of halogens is 3. The van der Waals surface area contributed by atoms with Crippen LogP contribution < -0.4 is 9.46 Å². The number of ether oxygens (including phenoxy) is 1. The highest BCUT2D eigenvalue weighted by molar-refractivity contribution is 7.92. The number of hydrogen-bond acceptors (Lipinski definition) is 4. The van der Waals surface area contributed by atoms with E-state index in [0.717, 1.165) is 16.9 Å². The third-order valence-corrected chi connectivity index (χ3v) is 5.29. The number of alkyl halides is 2. The Labute approximate surface area is 162 Å². The summed E-state index contributed by atoms with van der Waals surface area (Å²) in [4.78, 5) is 4.63. The van der Waals surface area contributed by atoms with Crippen LogP contribution in [0.3, 0.4) is 0 Å². The van der Waals surface area contributed by atoms with Crippen LogP contribution in [0.4, 0.5) is 14.5 Å². The number of benzene rings is 2. The molecule has 4 rings (SSSR count). The van der Waals surface area contributed by atoms with Crippen molar-refractivity contribution in [1.82, 2.24) is 9.55 Å². The summed E-state index contributed by atoms with van der Waals surface area (Å²) < 4.78 is 47.3. The van der Waals surface area contributed by atoms with Crippen molar-refractivity contribution >= 4 is 39.7 Å². The van der Waals surface area contributed by atoms with E-state index in [1.807, 2.05) is 16.7 Å². The van der Waals surface area contributed by atoms with Gasteiger partial charge in [-0.05, 0) is 36.8 Å². The van der Waals surface area contributed by atoms with Gasteiger partial charge in [0.05, 0.1) is 34.1 Å². The Morgan fingerprint density at radius 2 is 2.19 bits per heavy atom. The molecule has 27 heavy (non-hydrogen) atoms. The molecule has 0 spiro atoms. The van der Waals surface area contributed by atoms with Gasteiger partial charge in [-0.1, -0.05) is 17.7 Å². The molecular weight excluding hydrogens is 396 g/mol. The molecule has 1 aliphatic rings. The standard InChI is InChI=1S/C18H16ClF2N3O2S/c1-27(25)23-12-3-2-4-15(26-18(20)21)17(12)13-7-8-16-22-11-6-5-10(19)9-14(11)24(13)16/h2-6,9,13,18,23H,7-8H2,1H3/t13-,27?/m1/s1. The second-order valence-corrected chi connectivity index (χ2v) is 7.79. The van der Waals surface area contributed by atoms with Gasteiger partial charge < -0.3 is 13.9 Å². The molecule has 2 aromatic carbocycles. The first-order chi connectivity index (χ1) is 12.9. The average molecular weight is 412 g/mol. The van der Waals surface area contributed by atoms with Crippen molar-refractivity contribution in [3.63, 3.8) is 0 Å². The summed E-state index contributed by atoms with van der Waals surface area (Å²) in [5.41, 5.74) is 2.65. The van der Waals surface area contributed by atoms with Crippen LogP contribution in [-0.2, 0) is 17.8 Å². The van der Waals surface area contributed by atoms with Crippen molar-refractivity contribution in [3.8, 4) is 5.75 Å². The second kappa shape index (κ2) is 7.18. The van der Waals surface area contributed by atoms with Gasteiger partial charge in [0.25, 0.3) is 0 Å². The molecule has 5 nitrogen and oxygen atoms in total. The van der Waals surface area contributed by atoms with E-state index < -0.39 is 18.0 Å². The number of nitrogens with one attached hydrogen (secondary N) is 1. The van der Waals surface area contributed by atoms with E-state index in [9.17, 15) is 13.3 Å². The maximum atomic E-state index is 13.0. The Hall–Kier alpha value is -2.03. The summed E-state index contributed by atoms with van der Waals surface area (Å²) in [6.45, 7) is -2.96. The van der Waals surface area contributed by atoms with Crippen LogP contribution in [0.5, 0.6) is 5.75 Å². The van der Waals surface area contributed by atoms with Gasteiger partial charge in [0.1, 0.15) is 17.8 Å². The van der Waals surface area contributed by atoms with Crippen molar-refractivity contribution in [2.75, 3.05) is 11.0 Å². The van der Waals surface area contributed by atoms with Crippen LogP contribution >= 0.6 is 11.6 Å². The summed E-state index contributed by atoms with van der Waals surface area (Å²) in [5.74, 6) is 0.912. The molecule has 1 aromatic heterocycles. The zero-order chi connectivity index (χ0) is 19.1. The topological polar surface area (TPSA) is 62.1 Å². The minimum atomic E-state index is -2.96. The minimum Gasteiger partial charge on any atom is -0.593 e. The summed E-state index contributed by atoms with van der Waals surface area (Å²) >= 11 is 4.79. The van der Waals surface area contributed by atoms with Gasteiger partial charge in [-0.25, -0.2) is 9.71 Å². The van der Waals surface area contributed by atoms with Gasteiger partial charge in [0, 0.05) is 17.0 Å². The van der Waals surface area contributed by atoms with E-state index in [1.165, 1.54) is 12.3 Å². The predicted octanol–water partition coefficient (Wildman–Crippen LogP) is 4.53. The summed E-state index contributed by atoms with van der Waals surface area (Å²) in [6.07, 6.45) is 2.84. The Morgan fingerprint density at radius 1 is 1.37 bits per heavy atom. The average Bonchev–Trinajstić information content (AvgIpc) is 3.13. The van der Waals surface area contributed by atoms with E-state index >= 15 is 0 Å². The normalized spacial score (nSPS) is 17.3. The van der Waals surface area contributed by atoms with Gasteiger partial charge in [0.15, 0.2) is 0 Å². The van der Waals surface area contributed by atoms with Crippen molar-refractivity contribution in [1.29, 1.82) is 0 Å². The van der Waals surface area contributed by atoms with Gasteiger partial charge in [-0.3, -0.25) is 0 Å². The third kappa shape index (κ3) is 3.44. The number of rotatable bonds is 5. The Morgan fingerprint density at radius 3 is 2.93 bits per heavy atom.